The first-order valence-electron chi connectivity index (χ1n) is 8.45. The van der Waals surface area contributed by atoms with Crippen LogP contribution >= 0.6 is 0 Å². The summed E-state index contributed by atoms with van der Waals surface area (Å²) in [7, 11) is 0. The van der Waals surface area contributed by atoms with Gasteiger partial charge in [0.05, 0.1) is 6.04 Å². The van der Waals surface area contributed by atoms with Crippen molar-refractivity contribution < 1.29 is 19.4 Å². The molecule has 0 radical (unpaired) electrons. The lowest BCUT2D eigenvalue weighted by Gasteiger charge is -2.19. The van der Waals surface area contributed by atoms with E-state index in [2.05, 4.69) is 10.6 Å². The molecule has 5 N–H and O–H groups in total. The summed E-state index contributed by atoms with van der Waals surface area (Å²) in [5.41, 5.74) is 6.26. The minimum Gasteiger partial charge on any atom is -0.508 e. The molecule has 0 aliphatic heterocycles. The van der Waals surface area contributed by atoms with E-state index in [4.69, 9.17) is 10.5 Å². The van der Waals surface area contributed by atoms with Crippen LogP contribution in [0.3, 0.4) is 0 Å². The van der Waals surface area contributed by atoms with E-state index in [1.807, 2.05) is 20.8 Å². The Hall–Kier alpha value is -2.28. The van der Waals surface area contributed by atoms with Crippen LogP contribution in [0.25, 0.3) is 0 Å². The van der Waals surface area contributed by atoms with E-state index in [0.29, 0.717) is 19.5 Å². The summed E-state index contributed by atoms with van der Waals surface area (Å²) in [6.07, 6.45) is 1.43. The van der Waals surface area contributed by atoms with Gasteiger partial charge in [-0.2, -0.15) is 0 Å². The number of alkyl carbamates (subject to hydrolysis) is 1. The molecule has 1 rings (SSSR count). The summed E-state index contributed by atoms with van der Waals surface area (Å²) < 4.78 is 5.13. The van der Waals surface area contributed by atoms with Crippen LogP contribution in [0.5, 0.6) is 5.75 Å². The van der Waals surface area contributed by atoms with E-state index in [9.17, 15) is 14.7 Å². The first kappa shape index (κ1) is 20.8. The molecule has 1 aromatic rings. The third kappa shape index (κ3) is 9.56. The van der Waals surface area contributed by atoms with Crippen molar-refractivity contribution in [1.82, 2.24) is 10.6 Å². The van der Waals surface area contributed by atoms with Crippen LogP contribution in [0.1, 0.15) is 39.2 Å². The summed E-state index contributed by atoms with van der Waals surface area (Å²) in [5.74, 6) is -0.0325. The normalized spacial score (nSPS) is 12.3. The maximum atomic E-state index is 11.9. The Balaban J connectivity index is 2.13. The SMILES string of the molecule is CC(C)(C)OC(=O)NCCCCNC(=O)[C@H](N)Cc1ccc(O)cc1. The Kier molecular flexibility index (Phi) is 8.21. The number of unbranched alkanes of at least 4 members (excludes halogenated alkanes) is 1. The molecule has 0 fully saturated rings. The molecule has 0 saturated carbocycles. The van der Waals surface area contributed by atoms with Crippen LogP contribution in [0.4, 0.5) is 4.79 Å². The molecule has 0 aliphatic rings. The first-order valence-corrected chi connectivity index (χ1v) is 8.45. The van der Waals surface area contributed by atoms with Crippen molar-refractivity contribution in [2.45, 2.75) is 51.7 Å². The number of nitrogens with one attached hydrogen (secondary N) is 2. The number of benzene rings is 1. The van der Waals surface area contributed by atoms with E-state index in [-0.39, 0.29) is 11.7 Å². The minimum absolute atomic E-state index is 0.182. The number of hydrogen-bond donors (Lipinski definition) is 4. The average molecular weight is 351 g/mol. The van der Waals surface area contributed by atoms with Gasteiger partial charge in [-0.25, -0.2) is 4.79 Å². The van der Waals surface area contributed by atoms with Crippen LogP contribution in [0.2, 0.25) is 0 Å². The highest BCUT2D eigenvalue weighted by atomic mass is 16.6. The third-order valence-electron chi connectivity index (χ3n) is 3.30. The molecule has 0 heterocycles. The van der Waals surface area contributed by atoms with Gasteiger partial charge in [0.15, 0.2) is 0 Å². The molecule has 1 atom stereocenters. The number of hydrogen-bond acceptors (Lipinski definition) is 5. The molecule has 7 nitrogen and oxygen atoms in total. The molecular weight excluding hydrogens is 322 g/mol. The van der Waals surface area contributed by atoms with Gasteiger partial charge in [0.25, 0.3) is 0 Å². The molecule has 2 amide bonds. The van der Waals surface area contributed by atoms with Gasteiger partial charge in [-0.15, -0.1) is 0 Å². The molecule has 0 bridgehead atoms. The predicted molar refractivity (Wildman–Crippen MR) is 96.3 cm³/mol. The van der Waals surface area contributed by atoms with Gasteiger partial charge in [-0.3, -0.25) is 4.79 Å². The second-order valence-electron chi connectivity index (χ2n) is 6.90. The second kappa shape index (κ2) is 9.88. The lowest BCUT2D eigenvalue weighted by Crippen LogP contribution is -2.42. The summed E-state index contributed by atoms with van der Waals surface area (Å²) in [4.78, 5) is 23.4. The minimum atomic E-state index is -0.635. The molecule has 25 heavy (non-hydrogen) atoms. The van der Waals surface area contributed by atoms with Crippen molar-refractivity contribution in [1.29, 1.82) is 0 Å². The van der Waals surface area contributed by atoms with Gasteiger partial charge in [-0.1, -0.05) is 12.1 Å². The van der Waals surface area contributed by atoms with E-state index in [1.165, 1.54) is 0 Å². The Labute approximate surface area is 148 Å². The number of phenolic OH excluding ortho intramolecular Hbond substituents is 1. The summed E-state index contributed by atoms with van der Waals surface area (Å²) in [6, 6.07) is 5.98. The number of rotatable bonds is 8. The van der Waals surface area contributed by atoms with Gasteiger partial charge >= 0.3 is 6.09 Å². The molecule has 0 unspecified atom stereocenters. The van der Waals surface area contributed by atoms with Crippen molar-refractivity contribution in [2.75, 3.05) is 13.1 Å². The number of nitrogens with two attached hydrogens (primary N) is 1. The van der Waals surface area contributed by atoms with E-state index in [0.717, 1.165) is 18.4 Å². The van der Waals surface area contributed by atoms with Crippen LogP contribution in [0, 0.1) is 0 Å². The maximum Gasteiger partial charge on any atom is 0.407 e. The Bertz CT molecular complexity index is 552. The maximum absolute atomic E-state index is 11.9. The molecule has 0 aliphatic carbocycles. The quantitative estimate of drug-likeness (QED) is 0.532. The number of phenols is 1. The van der Waals surface area contributed by atoms with Crippen LogP contribution < -0.4 is 16.4 Å². The fourth-order valence-corrected chi connectivity index (χ4v) is 2.08. The van der Waals surface area contributed by atoms with Crippen molar-refractivity contribution in [3.63, 3.8) is 0 Å². The number of ether oxygens (including phenoxy) is 1. The highest BCUT2D eigenvalue weighted by Gasteiger charge is 2.15. The number of aromatic hydroxyl groups is 1. The van der Waals surface area contributed by atoms with Crippen LogP contribution in [-0.2, 0) is 16.0 Å². The molecule has 0 spiro atoms. The number of amides is 2. The molecule has 140 valence electrons. The summed E-state index contributed by atoms with van der Waals surface area (Å²) in [5, 5.41) is 14.7. The van der Waals surface area contributed by atoms with E-state index in [1.54, 1.807) is 24.3 Å². The standard InChI is InChI=1S/C18H29N3O4/c1-18(2,3)25-17(24)21-11-5-4-10-20-16(23)15(19)12-13-6-8-14(22)9-7-13/h6-9,15,22H,4-5,10-12,19H2,1-3H3,(H,20,23)(H,21,24)/t15-/m1/s1. The van der Waals surface area contributed by atoms with Gasteiger partial charge in [-0.05, 0) is 57.7 Å². The molecular formula is C18H29N3O4. The second-order valence-corrected chi connectivity index (χ2v) is 6.90. The number of carbonyl (C=O) groups excluding carboxylic acids is 2. The fourth-order valence-electron chi connectivity index (χ4n) is 2.08. The van der Waals surface area contributed by atoms with Crippen molar-refractivity contribution in [3.05, 3.63) is 29.8 Å². The van der Waals surface area contributed by atoms with Crippen molar-refractivity contribution >= 4 is 12.0 Å². The van der Waals surface area contributed by atoms with Gasteiger partial charge in [0.2, 0.25) is 5.91 Å². The largest absolute Gasteiger partial charge is 0.508 e. The lowest BCUT2D eigenvalue weighted by atomic mass is 10.1. The Morgan fingerprint density at radius 3 is 2.24 bits per heavy atom. The third-order valence-corrected chi connectivity index (χ3v) is 3.30. The van der Waals surface area contributed by atoms with Crippen molar-refractivity contribution in [2.24, 2.45) is 5.73 Å². The molecule has 1 aromatic carbocycles. The van der Waals surface area contributed by atoms with Gasteiger partial charge in [0, 0.05) is 13.1 Å². The predicted octanol–water partition coefficient (Wildman–Crippen LogP) is 1.68. The van der Waals surface area contributed by atoms with Gasteiger partial charge in [0.1, 0.15) is 11.4 Å². The average Bonchev–Trinajstić information content (AvgIpc) is 2.51. The Morgan fingerprint density at radius 2 is 1.68 bits per heavy atom. The highest BCUT2D eigenvalue weighted by Crippen LogP contribution is 2.11. The lowest BCUT2D eigenvalue weighted by molar-refractivity contribution is -0.122. The van der Waals surface area contributed by atoms with E-state index < -0.39 is 17.7 Å². The van der Waals surface area contributed by atoms with Crippen LogP contribution in [-0.4, -0.2) is 41.8 Å². The zero-order chi connectivity index (χ0) is 18.9. The zero-order valence-electron chi connectivity index (χ0n) is 15.2. The number of carbonyl (C=O) groups is 2. The van der Waals surface area contributed by atoms with Gasteiger partial charge < -0.3 is 26.2 Å². The first-order chi connectivity index (χ1) is 11.7. The molecule has 0 saturated heterocycles. The highest BCUT2D eigenvalue weighted by molar-refractivity contribution is 5.81. The molecule has 7 heteroatoms. The van der Waals surface area contributed by atoms with Crippen LogP contribution in [0.15, 0.2) is 24.3 Å². The van der Waals surface area contributed by atoms with Crippen molar-refractivity contribution in [3.8, 4) is 5.75 Å². The topological polar surface area (TPSA) is 114 Å². The smallest absolute Gasteiger partial charge is 0.407 e. The molecule has 0 aromatic heterocycles. The fraction of sp³-hybridized carbons (Fsp3) is 0.556. The summed E-state index contributed by atoms with van der Waals surface area (Å²) in [6.45, 7) is 6.42. The van der Waals surface area contributed by atoms with E-state index >= 15 is 0 Å². The summed E-state index contributed by atoms with van der Waals surface area (Å²) >= 11 is 0. The monoisotopic (exact) mass is 351 g/mol. The zero-order valence-corrected chi connectivity index (χ0v) is 15.2. The Morgan fingerprint density at radius 1 is 1.12 bits per heavy atom.